The number of amides is 1. The van der Waals surface area contributed by atoms with Gasteiger partial charge in [-0.3, -0.25) is 4.79 Å². The number of likely N-dealkylation sites (N-methyl/N-ethyl adjacent to an activating group) is 1. The normalized spacial score (nSPS) is 14.8. The highest BCUT2D eigenvalue weighted by molar-refractivity contribution is 7.19. The topological polar surface area (TPSA) is 81.6 Å². The van der Waals surface area contributed by atoms with Crippen LogP contribution in [-0.4, -0.2) is 64.6 Å². The molecule has 2 N–H and O–H groups in total. The molecule has 4 rings (SSSR count). The number of aryl methyl sites for hydroxylation is 1. The van der Waals surface area contributed by atoms with Gasteiger partial charge in [0.05, 0.1) is 24.6 Å². The molecule has 8 heteroatoms. The van der Waals surface area contributed by atoms with E-state index in [0.29, 0.717) is 13.1 Å². The van der Waals surface area contributed by atoms with Gasteiger partial charge in [-0.25, -0.2) is 9.97 Å². The molecule has 0 unspecified atom stereocenters. The number of aromatic nitrogens is 2. The summed E-state index contributed by atoms with van der Waals surface area (Å²) in [6.07, 6.45) is 5.89. The number of thiophene rings is 1. The molecule has 0 fully saturated rings. The molecule has 0 spiro atoms. The summed E-state index contributed by atoms with van der Waals surface area (Å²) in [6.45, 7) is 4.00. The predicted octanol–water partition coefficient (Wildman–Crippen LogP) is 3.15. The molecule has 1 atom stereocenters. The molecule has 3 heterocycles. The van der Waals surface area contributed by atoms with Gasteiger partial charge in [-0.15, -0.1) is 11.3 Å². The highest BCUT2D eigenvalue weighted by Crippen LogP contribution is 2.38. The average Bonchev–Trinajstić information content (AvgIpc) is 3.16. The number of benzene rings is 1. The van der Waals surface area contributed by atoms with Crippen molar-refractivity contribution in [3.05, 3.63) is 64.3 Å². The van der Waals surface area contributed by atoms with E-state index in [9.17, 15) is 9.90 Å². The molecule has 0 saturated carbocycles. The number of hydrogen-bond donors (Lipinski definition) is 2. The molecule has 0 radical (unpaired) electrons. The van der Waals surface area contributed by atoms with Crippen LogP contribution >= 0.6 is 11.3 Å². The predicted molar refractivity (Wildman–Crippen MR) is 129 cm³/mol. The molecule has 1 aliphatic heterocycles. The molecule has 32 heavy (non-hydrogen) atoms. The molecular formula is C24H29N5O2S. The minimum absolute atomic E-state index is 0.0392. The van der Waals surface area contributed by atoms with Crippen molar-refractivity contribution in [2.45, 2.75) is 25.9 Å². The molecular weight excluding hydrogens is 422 g/mol. The summed E-state index contributed by atoms with van der Waals surface area (Å²) < 4.78 is 0. The van der Waals surface area contributed by atoms with Gasteiger partial charge in [-0.1, -0.05) is 35.9 Å². The van der Waals surface area contributed by atoms with Crippen LogP contribution in [0, 0.1) is 6.92 Å². The standard InChI is InChI=1S/C24H29N5O2S/c1-16-6-8-17(9-7-16)19(14-30)27-23-22-18-10-12-29(21(31)5-4-11-28(2)3)13-20(18)32-24(22)26-15-25-23/h4-9,15,19,30H,10-14H2,1-3H3,(H,25,26,27)/b5-4+/t19-/m1/s1. The van der Waals surface area contributed by atoms with Crippen molar-refractivity contribution in [1.29, 1.82) is 0 Å². The Bertz CT molecular complexity index is 1120. The fraction of sp³-hybridized carbons (Fsp3) is 0.375. The quantitative estimate of drug-likeness (QED) is 0.537. The minimum atomic E-state index is -0.257. The van der Waals surface area contributed by atoms with Gasteiger partial charge in [0.25, 0.3) is 0 Å². The zero-order valence-electron chi connectivity index (χ0n) is 18.7. The lowest BCUT2D eigenvalue weighted by atomic mass is 10.0. The molecule has 0 saturated heterocycles. The maximum atomic E-state index is 12.6. The third-order valence-corrected chi connectivity index (χ3v) is 6.78. The van der Waals surface area contributed by atoms with Gasteiger partial charge < -0.3 is 20.2 Å². The Labute approximate surface area is 192 Å². The SMILES string of the molecule is Cc1ccc([C@@H](CO)Nc2ncnc3sc4c(c23)CCN(C(=O)/C=C/CN(C)C)C4)cc1. The molecule has 0 bridgehead atoms. The highest BCUT2D eigenvalue weighted by Gasteiger charge is 2.26. The lowest BCUT2D eigenvalue weighted by Crippen LogP contribution is -2.34. The molecule has 2 aromatic heterocycles. The van der Waals surface area contributed by atoms with E-state index in [2.05, 4.69) is 15.3 Å². The van der Waals surface area contributed by atoms with E-state index >= 15 is 0 Å². The van der Waals surface area contributed by atoms with E-state index in [4.69, 9.17) is 0 Å². The van der Waals surface area contributed by atoms with E-state index < -0.39 is 0 Å². The molecule has 168 valence electrons. The van der Waals surface area contributed by atoms with Gasteiger partial charge in [0.2, 0.25) is 5.91 Å². The van der Waals surface area contributed by atoms with Crippen LogP contribution in [0.2, 0.25) is 0 Å². The van der Waals surface area contributed by atoms with Crippen LogP contribution in [0.4, 0.5) is 5.82 Å². The van der Waals surface area contributed by atoms with E-state index in [1.165, 1.54) is 11.1 Å². The first-order valence-corrected chi connectivity index (χ1v) is 11.6. The Hall–Kier alpha value is -2.81. The zero-order chi connectivity index (χ0) is 22.7. The Kier molecular flexibility index (Phi) is 6.83. The average molecular weight is 452 g/mol. The third-order valence-electron chi connectivity index (χ3n) is 5.65. The Morgan fingerprint density at radius 3 is 2.81 bits per heavy atom. The van der Waals surface area contributed by atoms with Crippen molar-refractivity contribution in [2.24, 2.45) is 0 Å². The lowest BCUT2D eigenvalue weighted by Gasteiger charge is -2.26. The van der Waals surface area contributed by atoms with Crippen LogP contribution in [0.3, 0.4) is 0 Å². The molecule has 3 aromatic rings. The van der Waals surface area contributed by atoms with E-state index in [1.807, 2.05) is 61.2 Å². The highest BCUT2D eigenvalue weighted by atomic mass is 32.1. The number of nitrogens with one attached hydrogen (secondary N) is 1. The monoisotopic (exact) mass is 451 g/mol. The minimum Gasteiger partial charge on any atom is -0.394 e. The molecule has 1 aromatic carbocycles. The van der Waals surface area contributed by atoms with Crippen molar-refractivity contribution in [2.75, 3.05) is 39.1 Å². The number of hydrogen-bond acceptors (Lipinski definition) is 7. The second-order valence-corrected chi connectivity index (χ2v) is 9.45. The summed E-state index contributed by atoms with van der Waals surface area (Å²) in [5.74, 6) is 0.775. The summed E-state index contributed by atoms with van der Waals surface area (Å²) in [5.41, 5.74) is 3.39. The van der Waals surface area contributed by atoms with Gasteiger partial charge >= 0.3 is 0 Å². The smallest absolute Gasteiger partial charge is 0.246 e. The van der Waals surface area contributed by atoms with Gasteiger partial charge in [0, 0.05) is 24.0 Å². The molecule has 1 amide bonds. The lowest BCUT2D eigenvalue weighted by molar-refractivity contribution is -0.126. The molecule has 1 aliphatic rings. The number of aliphatic hydroxyl groups excluding tert-OH is 1. The van der Waals surface area contributed by atoms with Gasteiger partial charge in [-0.2, -0.15) is 0 Å². The first-order valence-electron chi connectivity index (χ1n) is 10.8. The summed E-state index contributed by atoms with van der Waals surface area (Å²) in [7, 11) is 3.96. The van der Waals surface area contributed by atoms with E-state index in [0.717, 1.165) is 39.4 Å². The Balaban J connectivity index is 1.57. The number of carbonyl (C=O) groups excluding carboxylic acids is 1. The van der Waals surface area contributed by atoms with Crippen molar-refractivity contribution < 1.29 is 9.90 Å². The first-order chi connectivity index (χ1) is 15.5. The molecule has 0 aliphatic carbocycles. The summed E-state index contributed by atoms with van der Waals surface area (Å²) in [5, 5.41) is 14.4. The van der Waals surface area contributed by atoms with Gasteiger partial charge in [0.15, 0.2) is 0 Å². The maximum absolute atomic E-state index is 12.6. The Morgan fingerprint density at radius 2 is 2.09 bits per heavy atom. The van der Waals surface area contributed by atoms with Crippen molar-refractivity contribution in [1.82, 2.24) is 19.8 Å². The number of anilines is 1. The number of aliphatic hydroxyl groups is 1. The third kappa shape index (κ3) is 4.82. The Morgan fingerprint density at radius 1 is 1.31 bits per heavy atom. The van der Waals surface area contributed by atoms with Crippen molar-refractivity contribution in [3.8, 4) is 0 Å². The summed E-state index contributed by atoms with van der Waals surface area (Å²) in [6, 6.07) is 7.88. The van der Waals surface area contributed by atoms with Crippen LogP contribution in [0.25, 0.3) is 10.2 Å². The van der Waals surface area contributed by atoms with Crippen LogP contribution in [-0.2, 0) is 17.8 Å². The number of rotatable bonds is 7. The van der Waals surface area contributed by atoms with Gasteiger partial charge in [-0.05, 0) is 38.6 Å². The fourth-order valence-corrected chi connectivity index (χ4v) is 5.10. The van der Waals surface area contributed by atoms with Crippen LogP contribution in [0.15, 0.2) is 42.7 Å². The van der Waals surface area contributed by atoms with E-state index in [1.54, 1.807) is 23.7 Å². The van der Waals surface area contributed by atoms with E-state index in [-0.39, 0.29) is 18.6 Å². The van der Waals surface area contributed by atoms with Crippen molar-refractivity contribution in [3.63, 3.8) is 0 Å². The summed E-state index contributed by atoms with van der Waals surface area (Å²) in [4.78, 5) is 27.5. The second kappa shape index (κ2) is 9.77. The largest absolute Gasteiger partial charge is 0.394 e. The molecule has 7 nitrogen and oxygen atoms in total. The fourth-order valence-electron chi connectivity index (χ4n) is 3.89. The first kappa shape index (κ1) is 22.4. The van der Waals surface area contributed by atoms with Crippen LogP contribution in [0.5, 0.6) is 0 Å². The van der Waals surface area contributed by atoms with Crippen LogP contribution in [0.1, 0.15) is 27.6 Å². The van der Waals surface area contributed by atoms with Crippen molar-refractivity contribution >= 4 is 33.3 Å². The number of nitrogens with zero attached hydrogens (tertiary/aromatic N) is 4. The second-order valence-electron chi connectivity index (χ2n) is 8.37. The number of carbonyl (C=O) groups is 1. The summed E-state index contributed by atoms with van der Waals surface area (Å²) >= 11 is 1.62. The van der Waals surface area contributed by atoms with Crippen LogP contribution < -0.4 is 5.32 Å². The van der Waals surface area contributed by atoms with Gasteiger partial charge in [0.1, 0.15) is 17.0 Å². The number of fused-ring (bicyclic) bond motifs is 3. The maximum Gasteiger partial charge on any atom is 0.246 e. The zero-order valence-corrected chi connectivity index (χ0v) is 19.5.